The highest BCUT2D eigenvalue weighted by atomic mass is 16.5. The van der Waals surface area contributed by atoms with Crippen molar-refractivity contribution in [2.24, 2.45) is 0 Å². The molecule has 2 N–H and O–H groups in total. The van der Waals surface area contributed by atoms with Crippen LogP contribution in [0.5, 0.6) is 0 Å². The van der Waals surface area contributed by atoms with Gasteiger partial charge in [-0.25, -0.2) is 4.98 Å². The predicted octanol–water partition coefficient (Wildman–Crippen LogP) is 3.72. The largest absolute Gasteiger partial charge is 0.379 e. The number of aryl methyl sites for hydroxylation is 2. The highest BCUT2D eigenvalue weighted by Gasteiger charge is 2.26. The quantitative estimate of drug-likeness (QED) is 0.504. The summed E-state index contributed by atoms with van der Waals surface area (Å²) < 4.78 is 7.76. The summed E-state index contributed by atoms with van der Waals surface area (Å²) in [6.07, 6.45) is 9.56. The monoisotopic (exact) mass is 537 g/mol. The number of carbonyl (C=O) groups excluding carboxylic acids is 1. The summed E-state index contributed by atoms with van der Waals surface area (Å²) >= 11 is 0. The Labute approximate surface area is 233 Å². The van der Waals surface area contributed by atoms with E-state index in [0.29, 0.717) is 6.04 Å². The Bertz CT molecular complexity index is 1130. The number of aromatic nitrogens is 3. The second-order valence-electron chi connectivity index (χ2n) is 11.8. The molecule has 0 aromatic carbocycles. The van der Waals surface area contributed by atoms with Crippen LogP contribution >= 0.6 is 0 Å². The van der Waals surface area contributed by atoms with Gasteiger partial charge in [-0.15, -0.1) is 0 Å². The van der Waals surface area contributed by atoms with Gasteiger partial charge in [0.25, 0.3) is 5.91 Å². The summed E-state index contributed by atoms with van der Waals surface area (Å²) in [5.41, 5.74) is 5.58. The van der Waals surface area contributed by atoms with E-state index in [2.05, 4.69) is 59.0 Å². The molecule has 39 heavy (non-hydrogen) atoms. The van der Waals surface area contributed by atoms with Gasteiger partial charge < -0.3 is 24.8 Å². The number of rotatable bonds is 9. The Morgan fingerprint density at radius 1 is 1.03 bits per heavy atom. The number of anilines is 2. The van der Waals surface area contributed by atoms with Crippen molar-refractivity contribution >= 4 is 17.7 Å². The summed E-state index contributed by atoms with van der Waals surface area (Å²) in [6.45, 7) is 9.93. The van der Waals surface area contributed by atoms with Crippen molar-refractivity contribution < 1.29 is 9.53 Å². The molecule has 0 radical (unpaired) electrons. The van der Waals surface area contributed by atoms with Gasteiger partial charge in [0.2, 0.25) is 5.95 Å². The van der Waals surface area contributed by atoms with Crippen molar-refractivity contribution in [3.05, 3.63) is 34.3 Å². The summed E-state index contributed by atoms with van der Waals surface area (Å²) in [5, 5.41) is 6.95. The first-order valence-corrected chi connectivity index (χ1v) is 15.0. The Balaban J connectivity index is 1.12. The predicted molar refractivity (Wildman–Crippen MR) is 156 cm³/mol. The van der Waals surface area contributed by atoms with E-state index in [9.17, 15) is 4.79 Å². The summed E-state index contributed by atoms with van der Waals surface area (Å²) in [6, 6.07) is 2.61. The molecule has 0 spiro atoms. The molecular weight excluding hydrogens is 490 g/mol. The van der Waals surface area contributed by atoms with E-state index in [0.717, 1.165) is 113 Å². The SMILES string of the molecule is Cc1cc(C(=O)N[C@H]2CC[C@@H](Nc3nc4c(c(N(C)C)n3)CCCC4)CC2)c(C)n1CCCN1CCOCC1. The lowest BCUT2D eigenvalue weighted by atomic mass is 9.91. The van der Waals surface area contributed by atoms with E-state index in [4.69, 9.17) is 14.7 Å². The third-order valence-electron chi connectivity index (χ3n) is 8.76. The fourth-order valence-corrected chi connectivity index (χ4v) is 6.49. The maximum absolute atomic E-state index is 13.2. The van der Waals surface area contributed by atoms with Crippen molar-refractivity contribution in [2.45, 2.75) is 90.3 Å². The van der Waals surface area contributed by atoms with Gasteiger partial charge in [-0.1, -0.05) is 0 Å². The van der Waals surface area contributed by atoms with E-state index in [1.807, 2.05) is 0 Å². The van der Waals surface area contributed by atoms with Crippen molar-refractivity contribution in [1.82, 2.24) is 24.8 Å². The Hall–Kier alpha value is -2.65. The average Bonchev–Trinajstić information content (AvgIpc) is 3.23. The molecule has 2 fully saturated rings. The first kappa shape index (κ1) is 27.9. The lowest BCUT2D eigenvalue weighted by Gasteiger charge is -2.30. The number of fused-ring (bicyclic) bond motifs is 1. The highest BCUT2D eigenvalue weighted by molar-refractivity contribution is 5.95. The van der Waals surface area contributed by atoms with Crippen LogP contribution in [0.1, 0.15) is 77.9 Å². The molecule has 2 aromatic heterocycles. The van der Waals surface area contributed by atoms with Crippen LogP contribution in [0.15, 0.2) is 6.07 Å². The first-order chi connectivity index (χ1) is 18.9. The number of hydrogen-bond acceptors (Lipinski definition) is 7. The minimum atomic E-state index is 0.0626. The van der Waals surface area contributed by atoms with Gasteiger partial charge in [0.15, 0.2) is 0 Å². The van der Waals surface area contributed by atoms with E-state index in [-0.39, 0.29) is 11.9 Å². The maximum Gasteiger partial charge on any atom is 0.253 e. The molecule has 1 aliphatic heterocycles. The number of nitrogens with zero attached hydrogens (tertiary/aromatic N) is 5. The summed E-state index contributed by atoms with van der Waals surface area (Å²) in [7, 11) is 4.13. The zero-order valence-electron chi connectivity index (χ0n) is 24.4. The minimum Gasteiger partial charge on any atom is -0.379 e. The normalized spacial score (nSPS) is 21.8. The Kier molecular flexibility index (Phi) is 9.07. The molecular formula is C30H47N7O2. The van der Waals surface area contributed by atoms with Gasteiger partial charge in [-0.05, 0) is 77.7 Å². The molecule has 3 aliphatic rings. The van der Waals surface area contributed by atoms with E-state index in [1.165, 1.54) is 24.1 Å². The molecule has 1 saturated heterocycles. The minimum absolute atomic E-state index is 0.0626. The van der Waals surface area contributed by atoms with Crippen LogP contribution in [0.2, 0.25) is 0 Å². The second-order valence-corrected chi connectivity index (χ2v) is 11.8. The van der Waals surface area contributed by atoms with Crippen LogP contribution < -0.4 is 15.5 Å². The van der Waals surface area contributed by atoms with E-state index in [1.54, 1.807) is 0 Å². The van der Waals surface area contributed by atoms with Gasteiger partial charge in [0.05, 0.1) is 24.5 Å². The Morgan fingerprint density at radius 3 is 2.49 bits per heavy atom. The topological polar surface area (TPSA) is 87.6 Å². The average molecular weight is 538 g/mol. The van der Waals surface area contributed by atoms with Crippen LogP contribution in [-0.4, -0.2) is 84.4 Å². The number of hydrogen-bond donors (Lipinski definition) is 2. The Morgan fingerprint density at radius 2 is 1.74 bits per heavy atom. The van der Waals surface area contributed by atoms with E-state index >= 15 is 0 Å². The number of carbonyl (C=O) groups is 1. The smallest absolute Gasteiger partial charge is 0.253 e. The zero-order valence-corrected chi connectivity index (χ0v) is 24.4. The molecule has 1 amide bonds. The highest BCUT2D eigenvalue weighted by Crippen LogP contribution is 2.29. The van der Waals surface area contributed by atoms with Crippen LogP contribution in [0, 0.1) is 13.8 Å². The fraction of sp³-hybridized carbons (Fsp3) is 0.700. The molecule has 1 saturated carbocycles. The molecule has 0 atom stereocenters. The number of amides is 1. The van der Waals surface area contributed by atoms with Crippen molar-refractivity contribution in [3.8, 4) is 0 Å². The van der Waals surface area contributed by atoms with Gasteiger partial charge >= 0.3 is 0 Å². The molecule has 0 unspecified atom stereocenters. The van der Waals surface area contributed by atoms with Gasteiger partial charge in [0, 0.05) is 69.3 Å². The van der Waals surface area contributed by atoms with Crippen molar-refractivity contribution in [1.29, 1.82) is 0 Å². The van der Waals surface area contributed by atoms with Crippen LogP contribution in [0.25, 0.3) is 0 Å². The van der Waals surface area contributed by atoms with Crippen LogP contribution in [0.3, 0.4) is 0 Å². The first-order valence-electron chi connectivity index (χ1n) is 15.0. The number of morpholine rings is 1. The maximum atomic E-state index is 13.2. The third kappa shape index (κ3) is 6.74. The lowest BCUT2D eigenvalue weighted by Crippen LogP contribution is -2.40. The molecule has 0 bridgehead atoms. The van der Waals surface area contributed by atoms with Crippen molar-refractivity contribution in [3.63, 3.8) is 0 Å². The van der Waals surface area contributed by atoms with Crippen LogP contribution in [0.4, 0.5) is 11.8 Å². The lowest BCUT2D eigenvalue weighted by molar-refractivity contribution is 0.0369. The molecule has 2 aliphatic carbocycles. The fourth-order valence-electron chi connectivity index (χ4n) is 6.49. The van der Waals surface area contributed by atoms with Gasteiger partial charge in [-0.3, -0.25) is 9.69 Å². The molecule has 3 heterocycles. The van der Waals surface area contributed by atoms with E-state index < -0.39 is 0 Å². The zero-order chi connectivity index (χ0) is 27.4. The molecule has 9 nitrogen and oxygen atoms in total. The van der Waals surface area contributed by atoms with Gasteiger partial charge in [-0.2, -0.15) is 4.98 Å². The molecule has 214 valence electrons. The molecule has 5 rings (SSSR count). The second kappa shape index (κ2) is 12.7. The van der Waals surface area contributed by atoms with Crippen LogP contribution in [-0.2, 0) is 24.1 Å². The summed E-state index contributed by atoms with van der Waals surface area (Å²) in [4.78, 5) is 27.6. The molecule has 9 heteroatoms. The third-order valence-corrected chi connectivity index (χ3v) is 8.76. The summed E-state index contributed by atoms with van der Waals surface area (Å²) in [5.74, 6) is 1.88. The number of nitrogens with one attached hydrogen (secondary N) is 2. The standard InChI is InChI=1S/C30H47N7O2/c1-21-20-26(22(2)37(21)15-7-14-36-16-18-39-19-17-36)29(38)31-23-10-12-24(13-11-23)32-30-33-27-9-6-5-8-25(27)28(34-30)35(3)4/h20,23-24H,5-19H2,1-4H3,(H,31,38)(H,32,33,34)/t23-,24+. The van der Waals surface area contributed by atoms with Crippen molar-refractivity contribution in [2.75, 3.05) is 57.2 Å². The molecule has 2 aromatic rings. The van der Waals surface area contributed by atoms with Gasteiger partial charge in [0.1, 0.15) is 5.82 Å². The number of ether oxygens (including phenoxy) is 1.